The number of benzene rings is 4. The Bertz CT molecular complexity index is 2890. The van der Waals surface area contributed by atoms with Gasteiger partial charge in [0.15, 0.2) is 0 Å². The Morgan fingerprint density at radius 1 is 0.438 bits per heavy atom. The van der Waals surface area contributed by atoms with Crippen LogP contribution in [0.2, 0.25) is 0 Å². The van der Waals surface area contributed by atoms with Gasteiger partial charge in [0.25, 0.3) is 0 Å². The zero-order chi connectivity index (χ0) is 44.0. The molecule has 0 aliphatic heterocycles. The number of hydrogen-bond donors (Lipinski definition) is 0. The minimum absolute atomic E-state index is 0. The second-order valence-electron chi connectivity index (χ2n) is 16.4. The molecule has 10 rings (SSSR count). The predicted molar refractivity (Wildman–Crippen MR) is 239 cm³/mol. The second kappa shape index (κ2) is 21.2. The van der Waals surface area contributed by atoms with Crippen LogP contribution >= 0.6 is 0 Å². The minimum Gasteiger partial charge on any atom is -0.442 e. The van der Waals surface area contributed by atoms with E-state index < -0.39 is 23.3 Å². The van der Waals surface area contributed by atoms with E-state index >= 15 is 0 Å². The van der Waals surface area contributed by atoms with Crippen molar-refractivity contribution in [3.63, 3.8) is 0 Å². The van der Waals surface area contributed by atoms with Crippen molar-refractivity contribution in [1.29, 1.82) is 0 Å². The Hall–Kier alpha value is -5.82. The zero-order valence-corrected chi connectivity index (χ0v) is 40.2. The summed E-state index contributed by atoms with van der Waals surface area (Å²) >= 11 is 0. The number of halogens is 4. The Labute approximate surface area is 398 Å². The van der Waals surface area contributed by atoms with Gasteiger partial charge in [0.05, 0.1) is 0 Å². The molecule has 12 heteroatoms. The maximum atomic E-state index is 13.2. The average molecular weight is 1220 g/mol. The van der Waals surface area contributed by atoms with Crippen LogP contribution in [0.25, 0.3) is 66.4 Å². The van der Waals surface area contributed by atoms with Crippen molar-refractivity contribution in [3.05, 3.63) is 193 Å². The van der Waals surface area contributed by atoms with Gasteiger partial charge in [-0.1, -0.05) is 173 Å². The molecule has 0 unspecified atom stereocenters. The molecule has 0 amide bonds. The van der Waals surface area contributed by atoms with Crippen molar-refractivity contribution >= 4 is 43.9 Å². The molecule has 0 N–H and O–H groups in total. The summed E-state index contributed by atoms with van der Waals surface area (Å²) in [6, 6.07) is 40.2. The molecule has 10 aromatic rings. The molecule has 0 atom stereocenters. The van der Waals surface area contributed by atoms with Crippen LogP contribution < -0.4 is 9.97 Å². The van der Waals surface area contributed by atoms with E-state index in [1.165, 1.54) is 21.9 Å². The quantitative estimate of drug-likeness (QED) is 0.127. The first-order valence-corrected chi connectivity index (χ1v) is 19.9. The number of fused-ring (bicyclic) bond motifs is 6. The third-order valence-corrected chi connectivity index (χ3v) is 9.89. The summed E-state index contributed by atoms with van der Waals surface area (Å²) in [7, 11) is 0. The van der Waals surface area contributed by atoms with Gasteiger partial charge in [0.1, 0.15) is 0 Å². The number of rotatable bonds is 2. The van der Waals surface area contributed by atoms with E-state index in [4.69, 9.17) is 0 Å². The second-order valence-corrected chi connectivity index (χ2v) is 16.4. The first-order chi connectivity index (χ1) is 29.7. The van der Waals surface area contributed by atoms with Crippen LogP contribution in [-0.2, 0) is 53.0 Å². The number of pyridine rings is 4. The molecule has 6 nitrogen and oxygen atoms in total. The summed E-state index contributed by atoms with van der Waals surface area (Å²) < 4.78 is 51.6. The zero-order valence-electron chi connectivity index (χ0n) is 35.7. The Kier molecular flexibility index (Phi) is 16.3. The predicted octanol–water partition coefficient (Wildman–Crippen LogP) is 12.9. The van der Waals surface area contributed by atoms with Gasteiger partial charge in [-0.05, 0) is 78.1 Å². The standard InChI is InChI=1S/2C15H15N2.2C11H6F2N.2Pt/c2*1-15(2,3)10-6-7-13-12(9-10)11-5-4-8-16-14(11)17-13;2*12-8-4-5-9(10(13)7-8)11-3-1-2-6-14-11;;/h2*4-9H,1-3H3;2*1-4,6-7H;;/q4*-1;2*+2. The van der Waals surface area contributed by atoms with Crippen LogP contribution in [0.1, 0.15) is 52.7 Å². The van der Waals surface area contributed by atoms with Crippen LogP contribution in [0.15, 0.2) is 146 Å². The van der Waals surface area contributed by atoms with Crippen LogP contribution in [0.3, 0.4) is 0 Å². The molecule has 0 aliphatic rings. The van der Waals surface area contributed by atoms with Crippen molar-refractivity contribution in [1.82, 2.24) is 29.9 Å². The van der Waals surface area contributed by atoms with Crippen molar-refractivity contribution < 1.29 is 59.7 Å². The van der Waals surface area contributed by atoms with E-state index in [1.54, 1.807) is 61.2 Å². The third kappa shape index (κ3) is 11.8. The van der Waals surface area contributed by atoms with Gasteiger partial charge < -0.3 is 29.9 Å². The molecule has 64 heavy (non-hydrogen) atoms. The molecule has 0 bridgehead atoms. The van der Waals surface area contributed by atoms with Gasteiger partial charge in [0, 0.05) is 35.7 Å². The molecule has 4 aromatic carbocycles. The maximum Gasteiger partial charge on any atom is 2.00 e. The Balaban J connectivity index is 0.000000160. The largest absolute Gasteiger partial charge is 2.00 e. The molecular formula is C52H42F4N6Pt2. The van der Waals surface area contributed by atoms with Crippen molar-refractivity contribution in [2.75, 3.05) is 0 Å². The summed E-state index contributed by atoms with van der Waals surface area (Å²) in [5.74, 6) is -2.57. The van der Waals surface area contributed by atoms with Gasteiger partial charge in [0.2, 0.25) is 0 Å². The third-order valence-electron chi connectivity index (χ3n) is 9.89. The molecule has 6 heterocycles. The average Bonchev–Trinajstić information content (AvgIpc) is 3.82. The molecule has 0 saturated carbocycles. The monoisotopic (exact) mass is 1220 g/mol. The number of aromatic nitrogens is 6. The fourth-order valence-electron chi connectivity index (χ4n) is 6.56. The first-order valence-electron chi connectivity index (χ1n) is 19.9. The van der Waals surface area contributed by atoms with Crippen LogP contribution in [-0.4, -0.2) is 19.9 Å². The van der Waals surface area contributed by atoms with Gasteiger partial charge in [-0.25, -0.2) is 0 Å². The molecule has 0 radical (unpaired) electrons. The number of hydrogen-bond acceptors (Lipinski definition) is 4. The van der Waals surface area contributed by atoms with E-state index in [-0.39, 0.29) is 64.1 Å². The molecule has 0 saturated heterocycles. The summed E-state index contributed by atoms with van der Waals surface area (Å²) in [4.78, 5) is 25.5. The van der Waals surface area contributed by atoms with Gasteiger partial charge in [-0.3, -0.25) is 17.6 Å². The van der Waals surface area contributed by atoms with Crippen molar-refractivity contribution in [2.24, 2.45) is 0 Å². The van der Waals surface area contributed by atoms with E-state index in [2.05, 4.69) is 132 Å². The van der Waals surface area contributed by atoms with E-state index in [1.807, 2.05) is 12.1 Å². The Morgan fingerprint density at radius 3 is 1.17 bits per heavy atom. The number of nitrogens with zero attached hydrogens (tertiary/aromatic N) is 6. The summed E-state index contributed by atoms with van der Waals surface area (Å²) in [5.41, 5.74) is 8.03. The van der Waals surface area contributed by atoms with Crippen molar-refractivity contribution in [3.8, 4) is 22.5 Å². The minimum atomic E-state index is -0.649. The topological polar surface area (TPSA) is 79.8 Å². The smallest absolute Gasteiger partial charge is 0.442 e. The van der Waals surface area contributed by atoms with Gasteiger partial charge >= 0.3 is 42.1 Å². The normalized spacial score (nSPS) is 11.0. The van der Waals surface area contributed by atoms with E-state index in [9.17, 15) is 17.6 Å². The van der Waals surface area contributed by atoms with E-state index in [0.29, 0.717) is 11.4 Å². The molecule has 6 aromatic heterocycles. The SMILES string of the molecule is CC(C)(C)c1ccc2[n-]c3ncccc3c2c1.CC(C)(C)c1ccc2[n-]c3ncccc3c2c1.Fc1c[c-]c(-c2ccccn2)c(F)c1.Fc1c[c-]c(-c2ccccn2)c(F)c1.[Pt+2].[Pt+2]. The first kappa shape index (κ1) is 49.2. The molecule has 0 spiro atoms. The van der Waals surface area contributed by atoms with Crippen LogP contribution in [0.4, 0.5) is 17.6 Å². The summed E-state index contributed by atoms with van der Waals surface area (Å²) in [6.45, 7) is 13.4. The van der Waals surface area contributed by atoms with Crippen molar-refractivity contribution in [2.45, 2.75) is 52.4 Å². The molecule has 0 aliphatic carbocycles. The van der Waals surface area contributed by atoms with Crippen LogP contribution in [0, 0.1) is 35.4 Å². The van der Waals surface area contributed by atoms with Crippen LogP contribution in [0.5, 0.6) is 0 Å². The maximum absolute atomic E-state index is 13.2. The molecule has 328 valence electrons. The fourth-order valence-corrected chi connectivity index (χ4v) is 6.56. The summed E-state index contributed by atoms with van der Waals surface area (Å²) in [6.07, 6.45) is 6.68. The van der Waals surface area contributed by atoms with Gasteiger partial charge in [-0.15, -0.1) is 24.3 Å². The van der Waals surface area contributed by atoms with E-state index in [0.717, 1.165) is 57.4 Å². The molecule has 0 fully saturated rings. The van der Waals surface area contributed by atoms with Gasteiger partial charge in [-0.2, -0.15) is 0 Å². The summed E-state index contributed by atoms with van der Waals surface area (Å²) in [5, 5.41) is 4.71. The Morgan fingerprint density at radius 2 is 0.828 bits per heavy atom. The molecular weight excluding hydrogens is 1170 g/mol. The fraction of sp³-hybridized carbons (Fsp3) is 0.154.